The Hall–Kier alpha value is -7.94. The van der Waals surface area contributed by atoms with E-state index in [1.54, 1.807) is 0 Å². The van der Waals surface area contributed by atoms with Crippen LogP contribution in [0.3, 0.4) is 0 Å². The molecule has 298 valence electrons. The summed E-state index contributed by atoms with van der Waals surface area (Å²) >= 11 is 0. The topological polar surface area (TPSA) is 16.4 Å². The van der Waals surface area contributed by atoms with Crippen molar-refractivity contribution in [1.29, 1.82) is 0 Å². The molecule has 2 heteroatoms. The lowest BCUT2D eigenvalue weighted by Gasteiger charge is -2.28. The van der Waals surface area contributed by atoms with Crippen LogP contribution in [0.4, 0.5) is 17.1 Å². The summed E-state index contributed by atoms with van der Waals surface area (Å²) in [7, 11) is 0. The fourth-order valence-corrected chi connectivity index (χ4v) is 10.1. The Morgan fingerprint density at radius 2 is 0.794 bits per heavy atom. The molecular weight excluding hydrogens is 763 g/mol. The molecule has 2 nitrogen and oxygen atoms in total. The average Bonchev–Trinajstić information content (AvgIpc) is 3.83. The molecule has 0 fully saturated rings. The molecule has 0 N–H and O–H groups in total. The first-order valence-electron chi connectivity index (χ1n) is 21.8. The summed E-state index contributed by atoms with van der Waals surface area (Å²) in [6, 6.07) is 81.5. The number of nitrogens with zero attached hydrogens (tertiary/aromatic N) is 1. The van der Waals surface area contributed by atoms with E-state index in [1.807, 2.05) is 0 Å². The summed E-state index contributed by atoms with van der Waals surface area (Å²) in [6.07, 6.45) is 0. The predicted molar refractivity (Wildman–Crippen MR) is 265 cm³/mol. The molecule has 0 atom stereocenters. The molecule has 0 amide bonds. The third kappa shape index (κ3) is 6.09. The monoisotopic (exact) mass is 805 g/mol. The van der Waals surface area contributed by atoms with Gasteiger partial charge in [0, 0.05) is 38.6 Å². The molecule has 1 aromatic heterocycles. The first-order chi connectivity index (χ1) is 31.0. The Balaban J connectivity index is 1.00. The Morgan fingerprint density at radius 3 is 1.46 bits per heavy atom. The van der Waals surface area contributed by atoms with E-state index in [4.69, 9.17) is 4.42 Å². The molecule has 0 radical (unpaired) electrons. The smallest absolute Gasteiger partial charge is 0.143 e. The maximum Gasteiger partial charge on any atom is 0.143 e. The van der Waals surface area contributed by atoms with Gasteiger partial charge in [-0.2, -0.15) is 0 Å². The van der Waals surface area contributed by atoms with E-state index in [2.05, 4.69) is 243 Å². The maximum absolute atomic E-state index is 6.85. The van der Waals surface area contributed by atoms with Crippen molar-refractivity contribution in [3.8, 4) is 55.6 Å². The van der Waals surface area contributed by atoms with E-state index in [9.17, 15) is 0 Å². The van der Waals surface area contributed by atoms with Crippen molar-refractivity contribution in [2.75, 3.05) is 4.90 Å². The zero-order valence-electron chi connectivity index (χ0n) is 35.2. The van der Waals surface area contributed by atoms with Gasteiger partial charge in [-0.25, -0.2) is 0 Å². The summed E-state index contributed by atoms with van der Waals surface area (Å²) in [4.78, 5) is 2.40. The SMILES string of the molecule is CC1(C)c2ccccc2-c2ccc(N(c3ccc(-c4ccccc4)cc3)c3ccc(-c4cc5c6cc(-c7ccccc7)c(-c7ccccc7)cc6oc5c5ccccc45)cc3)cc21. The highest BCUT2D eigenvalue weighted by Crippen LogP contribution is 2.51. The van der Waals surface area contributed by atoms with Crippen LogP contribution in [0.2, 0.25) is 0 Å². The van der Waals surface area contributed by atoms with Crippen LogP contribution in [0.5, 0.6) is 0 Å². The van der Waals surface area contributed by atoms with Gasteiger partial charge in [-0.05, 0) is 127 Å². The molecule has 0 bridgehead atoms. The Kier molecular flexibility index (Phi) is 8.55. The number of hydrogen-bond donors (Lipinski definition) is 0. The lowest BCUT2D eigenvalue weighted by atomic mass is 9.82. The van der Waals surface area contributed by atoms with Gasteiger partial charge in [0.15, 0.2) is 0 Å². The van der Waals surface area contributed by atoms with E-state index in [1.165, 1.54) is 55.6 Å². The lowest BCUT2D eigenvalue weighted by molar-refractivity contribution is 0.660. The summed E-state index contributed by atoms with van der Waals surface area (Å²) in [5, 5.41) is 4.49. The molecule has 12 rings (SSSR count). The largest absolute Gasteiger partial charge is 0.455 e. The maximum atomic E-state index is 6.85. The normalized spacial score (nSPS) is 12.7. The van der Waals surface area contributed by atoms with Gasteiger partial charge < -0.3 is 9.32 Å². The van der Waals surface area contributed by atoms with Gasteiger partial charge in [0.2, 0.25) is 0 Å². The minimum absolute atomic E-state index is 0.115. The van der Waals surface area contributed by atoms with Crippen LogP contribution < -0.4 is 4.90 Å². The Labute approximate surface area is 368 Å². The summed E-state index contributed by atoms with van der Waals surface area (Å²) in [5.41, 5.74) is 19.8. The summed E-state index contributed by atoms with van der Waals surface area (Å²) < 4.78 is 6.85. The highest BCUT2D eigenvalue weighted by molar-refractivity contribution is 6.20. The van der Waals surface area contributed by atoms with E-state index in [0.29, 0.717) is 0 Å². The second kappa shape index (κ2) is 14.6. The second-order valence-electron chi connectivity index (χ2n) is 17.3. The van der Waals surface area contributed by atoms with Crippen LogP contribution in [-0.4, -0.2) is 0 Å². The van der Waals surface area contributed by atoms with Crippen molar-refractivity contribution in [2.45, 2.75) is 19.3 Å². The molecule has 0 aliphatic heterocycles. The first-order valence-corrected chi connectivity index (χ1v) is 21.8. The number of furan rings is 1. The third-order valence-corrected chi connectivity index (χ3v) is 13.3. The van der Waals surface area contributed by atoms with Gasteiger partial charge in [0.05, 0.1) is 0 Å². The molecule has 63 heavy (non-hydrogen) atoms. The van der Waals surface area contributed by atoms with Gasteiger partial charge in [-0.3, -0.25) is 0 Å². The molecule has 0 unspecified atom stereocenters. The summed E-state index contributed by atoms with van der Waals surface area (Å²) in [6.45, 7) is 4.70. The van der Waals surface area contributed by atoms with E-state index in [-0.39, 0.29) is 5.41 Å². The quantitative estimate of drug-likeness (QED) is 0.160. The fraction of sp³-hybridized carbons (Fsp3) is 0.0492. The van der Waals surface area contributed by atoms with Crippen LogP contribution >= 0.6 is 0 Å². The molecule has 1 heterocycles. The van der Waals surface area contributed by atoms with Crippen molar-refractivity contribution >= 4 is 49.8 Å². The van der Waals surface area contributed by atoms with E-state index < -0.39 is 0 Å². The van der Waals surface area contributed by atoms with Gasteiger partial charge >= 0.3 is 0 Å². The van der Waals surface area contributed by atoms with Gasteiger partial charge in [-0.15, -0.1) is 0 Å². The number of rotatable bonds is 7. The van der Waals surface area contributed by atoms with Crippen LogP contribution in [0.15, 0.2) is 229 Å². The third-order valence-electron chi connectivity index (χ3n) is 13.3. The van der Waals surface area contributed by atoms with Crippen molar-refractivity contribution < 1.29 is 4.42 Å². The van der Waals surface area contributed by atoms with Crippen molar-refractivity contribution in [3.63, 3.8) is 0 Å². The summed E-state index contributed by atoms with van der Waals surface area (Å²) in [5.74, 6) is 0. The van der Waals surface area contributed by atoms with Crippen LogP contribution in [0, 0.1) is 0 Å². The minimum Gasteiger partial charge on any atom is -0.455 e. The van der Waals surface area contributed by atoms with Crippen molar-refractivity contribution in [1.82, 2.24) is 0 Å². The highest BCUT2D eigenvalue weighted by Gasteiger charge is 2.35. The Bertz CT molecular complexity index is 3490. The molecule has 1 aliphatic carbocycles. The molecule has 1 aliphatic rings. The minimum atomic E-state index is -0.115. The lowest BCUT2D eigenvalue weighted by Crippen LogP contribution is -2.16. The number of benzene rings is 10. The predicted octanol–water partition coefficient (Wildman–Crippen LogP) is 17.2. The molecule has 0 spiro atoms. The molecule has 0 saturated carbocycles. The molecule has 10 aromatic carbocycles. The van der Waals surface area contributed by atoms with Crippen LogP contribution in [0.25, 0.3) is 88.3 Å². The van der Waals surface area contributed by atoms with E-state index >= 15 is 0 Å². The van der Waals surface area contributed by atoms with Crippen molar-refractivity contribution in [2.24, 2.45) is 0 Å². The Morgan fingerprint density at radius 1 is 0.317 bits per heavy atom. The first kappa shape index (κ1) is 36.9. The zero-order valence-corrected chi connectivity index (χ0v) is 35.2. The fourth-order valence-electron chi connectivity index (χ4n) is 10.1. The average molecular weight is 806 g/mol. The van der Waals surface area contributed by atoms with Crippen molar-refractivity contribution in [3.05, 3.63) is 236 Å². The van der Waals surface area contributed by atoms with E-state index in [0.717, 1.165) is 60.9 Å². The van der Waals surface area contributed by atoms with Gasteiger partial charge in [-0.1, -0.05) is 184 Å². The zero-order chi connectivity index (χ0) is 42.1. The molecular formula is C61H43NO. The number of fused-ring (bicyclic) bond motifs is 8. The van der Waals surface area contributed by atoms with Crippen LogP contribution in [-0.2, 0) is 5.41 Å². The van der Waals surface area contributed by atoms with Gasteiger partial charge in [0.25, 0.3) is 0 Å². The molecule has 11 aromatic rings. The number of hydrogen-bond acceptors (Lipinski definition) is 2. The standard InChI is InChI=1S/C61H43NO/c1-61(2)57-25-15-14-23-49(57)50-35-34-47(36-58(50)61)62(45-30-26-41(27-31-45)40-16-6-3-7-17-40)46-32-28-44(29-33-46)52-38-56-55-37-53(42-18-8-4-9-19-42)54(43-20-10-5-11-21-43)39-59(55)63-60(56)51-24-13-12-22-48(51)52/h3-39H,1-2H3. The highest BCUT2D eigenvalue weighted by atomic mass is 16.3. The second-order valence-corrected chi connectivity index (χ2v) is 17.3. The van der Waals surface area contributed by atoms with Gasteiger partial charge in [0.1, 0.15) is 11.2 Å². The number of anilines is 3. The van der Waals surface area contributed by atoms with Crippen LogP contribution in [0.1, 0.15) is 25.0 Å². The molecule has 0 saturated heterocycles.